The molecule has 0 saturated carbocycles. The van der Waals surface area contributed by atoms with E-state index in [9.17, 15) is 15.2 Å². The van der Waals surface area contributed by atoms with E-state index in [1.165, 1.54) is 18.2 Å². The van der Waals surface area contributed by atoms with Crippen LogP contribution < -0.4 is 0 Å². The van der Waals surface area contributed by atoms with Gasteiger partial charge in [-0.2, -0.15) is 5.26 Å². The average Bonchev–Trinajstić information content (AvgIpc) is 2.34. The molecule has 0 atom stereocenters. The Morgan fingerprint density at radius 2 is 2.05 bits per heavy atom. The summed E-state index contributed by atoms with van der Waals surface area (Å²) in [4.78, 5) is 11.9. The molecule has 0 aliphatic heterocycles. The maximum absolute atomic E-state index is 10.6. The number of hydrogen-bond acceptors (Lipinski definition) is 5. The van der Waals surface area contributed by atoms with E-state index in [0.29, 0.717) is 17.8 Å². The van der Waals surface area contributed by atoms with Crippen molar-refractivity contribution >= 4 is 11.4 Å². The Hall–Kier alpha value is -2.39. The van der Waals surface area contributed by atoms with Gasteiger partial charge in [-0.1, -0.05) is 0 Å². The van der Waals surface area contributed by atoms with Crippen LogP contribution in [0.4, 0.5) is 5.69 Å². The van der Waals surface area contributed by atoms with Gasteiger partial charge in [-0.15, -0.1) is 0 Å². The lowest BCUT2D eigenvalue weighted by Gasteiger charge is -2.29. The normalized spacial score (nSPS) is 11.8. The summed E-state index contributed by atoms with van der Waals surface area (Å²) in [6, 6.07) is 7.90. The SMILES string of the molecule is CN(CC(C)(C)O)/C(=C/C#N)c1ccc([N+](=O)[O-])cc1. The fourth-order valence-corrected chi connectivity index (χ4v) is 1.89. The van der Waals surface area contributed by atoms with Crippen molar-refractivity contribution in [2.24, 2.45) is 0 Å². The van der Waals surface area contributed by atoms with Gasteiger partial charge in [0.15, 0.2) is 0 Å². The van der Waals surface area contributed by atoms with Crippen LogP contribution in [-0.4, -0.2) is 34.1 Å². The standard InChI is InChI=1S/C14H17N3O3/c1-14(2,18)10-16(3)13(8-9-15)11-4-6-12(7-5-11)17(19)20/h4-8,18H,10H2,1-3H3/b13-8+. The number of rotatable bonds is 5. The van der Waals surface area contributed by atoms with E-state index in [1.807, 2.05) is 6.07 Å². The molecule has 0 heterocycles. The smallest absolute Gasteiger partial charge is 0.269 e. The number of nitrogens with zero attached hydrogens (tertiary/aromatic N) is 3. The van der Waals surface area contributed by atoms with Crippen molar-refractivity contribution in [3.05, 3.63) is 46.0 Å². The van der Waals surface area contributed by atoms with Crippen molar-refractivity contribution in [3.8, 4) is 6.07 Å². The molecule has 0 bridgehead atoms. The Balaban J connectivity index is 3.06. The zero-order chi connectivity index (χ0) is 15.3. The summed E-state index contributed by atoms with van der Waals surface area (Å²) in [5.74, 6) is 0. The zero-order valence-electron chi connectivity index (χ0n) is 11.7. The molecule has 1 aromatic rings. The lowest BCUT2D eigenvalue weighted by atomic mass is 10.1. The van der Waals surface area contributed by atoms with Crippen LogP contribution in [0.1, 0.15) is 19.4 Å². The third-order valence-electron chi connectivity index (χ3n) is 2.61. The Kier molecular flexibility index (Phi) is 4.83. The van der Waals surface area contributed by atoms with Gasteiger partial charge in [0.1, 0.15) is 0 Å². The first-order chi connectivity index (χ1) is 9.24. The number of non-ortho nitro benzene ring substituents is 1. The van der Waals surface area contributed by atoms with Gasteiger partial charge in [0.25, 0.3) is 5.69 Å². The molecule has 0 radical (unpaired) electrons. The monoisotopic (exact) mass is 275 g/mol. The highest BCUT2D eigenvalue weighted by Gasteiger charge is 2.18. The summed E-state index contributed by atoms with van der Waals surface area (Å²) in [5.41, 5.74) is 0.369. The fourth-order valence-electron chi connectivity index (χ4n) is 1.89. The fraction of sp³-hybridized carbons (Fsp3) is 0.357. The maximum atomic E-state index is 10.6. The molecule has 0 spiro atoms. The summed E-state index contributed by atoms with van der Waals surface area (Å²) in [5, 5.41) is 29.3. The number of aliphatic hydroxyl groups is 1. The molecule has 0 saturated heterocycles. The Bertz CT molecular complexity index is 551. The molecule has 6 heteroatoms. The molecule has 1 aromatic carbocycles. The van der Waals surface area contributed by atoms with E-state index in [-0.39, 0.29) is 5.69 Å². The molecule has 1 rings (SSSR count). The third kappa shape index (κ3) is 4.37. The molecule has 106 valence electrons. The van der Waals surface area contributed by atoms with Crippen LogP contribution in [-0.2, 0) is 0 Å². The average molecular weight is 275 g/mol. The highest BCUT2D eigenvalue weighted by Crippen LogP contribution is 2.22. The van der Waals surface area contributed by atoms with Gasteiger partial charge >= 0.3 is 0 Å². The molecule has 0 amide bonds. The van der Waals surface area contributed by atoms with E-state index >= 15 is 0 Å². The molecule has 0 aliphatic carbocycles. The van der Waals surface area contributed by atoms with E-state index in [1.54, 1.807) is 37.9 Å². The van der Waals surface area contributed by atoms with Crippen LogP contribution in [0.2, 0.25) is 0 Å². The van der Waals surface area contributed by atoms with Crippen LogP contribution in [0.15, 0.2) is 30.3 Å². The van der Waals surface area contributed by atoms with Crippen molar-refractivity contribution in [2.45, 2.75) is 19.4 Å². The van der Waals surface area contributed by atoms with Gasteiger partial charge in [-0.05, 0) is 31.5 Å². The van der Waals surface area contributed by atoms with Gasteiger partial charge in [0, 0.05) is 31.8 Å². The van der Waals surface area contributed by atoms with Crippen molar-refractivity contribution in [1.82, 2.24) is 4.90 Å². The predicted octanol–water partition coefficient (Wildman–Crippen LogP) is 2.16. The molecule has 0 unspecified atom stereocenters. The predicted molar refractivity (Wildman–Crippen MR) is 75.6 cm³/mol. The van der Waals surface area contributed by atoms with Crippen LogP contribution >= 0.6 is 0 Å². The van der Waals surface area contributed by atoms with Gasteiger partial charge in [0.05, 0.1) is 22.3 Å². The summed E-state index contributed by atoms with van der Waals surface area (Å²) >= 11 is 0. The first kappa shape index (κ1) is 15.7. The van der Waals surface area contributed by atoms with Crippen molar-refractivity contribution in [3.63, 3.8) is 0 Å². The minimum atomic E-state index is -0.913. The molecule has 0 fully saturated rings. The number of nitro groups is 1. The number of hydrogen-bond donors (Lipinski definition) is 1. The maximum Gasteiger partial charge on any atom is 0.269 e. The minimum Gasteiger partial charge on any atom is -0.389 e. The molecule has 6 nitrogen and oxygen atoms in total. The molecule has 0 aromatic heterocycles. The van der Waals surface area contributed by atoms with E-state index in [4.69, 9.17) is 5.26 Å². The number of benzene rings is 1. The summed E-state index contributed by atoms with van der Waals surface area (Å²) in [6.45, 7) is 3.67. The molecule has 0 aliphatic rings. The quantitative estimate of drug-likeness (QED) is 0.505. The highest BCUT2D eigenvalue weighted by atomic mass is 16.6. The van der Waals surface area contributed by atoms with Gasteiger partial charge in [0.2, 0.25) is 0 Å². The number of allylic oxidation sites excluding steroid dienone is 1. The Morgan fingerprint density at radius 1 is 1.50 bits per heavy atom. The second-order valence-electron chi connectivity index (χ2n) is 5.13. The van der Waals surface area contributed by atoms with Crippen LogP contribution in [0.25, 0.3) is 5.70 Å². The van der Waals surface area contributed by atoms with Crippen LogP contribution in [0, 0.1) is 21.4 Å². The first-order valence-corrected chi connectivity index (χ1v) is 6.03. The Labute approximate surface area is 117 Å². The minimum absolute atomic E-state index is 0.00445. The largest absolute Gasteiger partial charge is 0.389 e. The van der Waals surface area contributed by atoms with E-state index in [0.717, 1.165) is 0 Å². The number of nitriles is 1. The van der Waals surface area contributed by atoms with E-state index < -0.39 is 10.5 Å². The van der Waals surface area contributed by atoms with Gasteiger partial charge < -0.3 is 10.0 Å². The molecule has 20 heavy (non-hydrogen) atoms. The molecule has 1 N–H and O–H groups in total. The van der Waals surface area contributed by atoms with E-state index in [2.05, 4.69) is 0 Å². The highest BCUT2D eigenvalue weighted by molar-refractivity contribution is 5.67. The number of likely N-dealkylation sites (N-methyl/N-ethyl adjacent to an activating group) is 1. The van der Waals surface area contributed by atoms with Crippen molar-refractivity contribution < 1.29 is 10.0 Å². The van der Waals surface area contributed by atoms with Crippen molar-refractivity contribution in [2.75, 3.05) is 13.6 Å². The Morgan fingerprint density at radius 3 is 2.45 bits per heavy atom. The van der Waals surface area contributed by atoms with Crippen molar-refractivity contribution in [1.29, 1.82) is 5.26 Å². The number of nitro benzene ring substituents is 1. The third-order valence-corrected chi connectivity index (χ3v) is 2.61. The lowest BCUT2D eigenvalue weighted by Crippen LogP contribution is -2.35. The summed E-state index contributed by atoms with van der Waals surface area (Å²) in [6.07, 6.45) is 1.35. The first-order valence-electron chi connectivity index (χ1n) is 6.03. The summed E-state index contributed by atoms with van der Waals surface area (Å²) < 4.78 is 0. The summed E-state index contributed by atoms with van der Waals surface area (Å²) in [7, 11) is 1.75. The topological polar surface area (TPSA) is 90.4 Å². The van der Waals surface area contributed by atoms with Crippen LogP contribution in [0.5, 0.6) is 0 Å². The second kappa shape index (κ2) is 6.17. The zero-order valence-corrected chi connectivity index (χ0v) is 11.7. The molecular weight excluding hydrogens is 258 g/mol. The second-order valence-corrected chi connectivity index (χ2v) is 5.13. The van der Waals surface area contributed by atoms with Gasteiger partial charge in [-0.3, -0.25) is 10.1 Å². The molecular formula is C14H17N3O3. The van der Waals surface area contributed by atoms with Crippen LogP contribution in [0.3, 0.4) is 0 Å². The lowest BCUT2D eigenvalue weighted by molar-refractivity contribution is -0.384. The van der Waals surface area contributed by atoms with Gasteiger partial charge in [-0.25, -0.2) is 0 Å².